The molecule has 1 heterocycles. The number of methoxy groups -OCH3 is 1. The Labute approximate surface area is 129 Å². The number of hydrogen-bond donors (Lipinski definition) is 1. The van der Waals surface area contributed by atoms with Crippen molar-refractivity contribution in [1.29, 1.82) is 0 Å². The lowest BCUT2D eigenvalue weighted by Crippen LogP contribution is -2.21. The highest BCUT2D eigenvalue weighted by Crippen LogP contribution is 2.36. The van der Waals surface area contributed by atoms with Crippen LogP contribution in [0.2, 0.25) is 0 Å². The maximum atomic E-state index is 5.75. The molecular formula is C15H24BrN3O. The van der Waals surface area contributed by atoms with Gasteiger partial charge in [0.05, 0.1) is 10.2 Å². The zero-order valence-corrected chi connectivity index (χ0v) is 14.2. The summed E-state index contributed by atoms with van der Waals surface area (Å²) in [5, 5.41) is 3.14. The molecule has 1 saturated carbocycles. The number of halogens is 1. The molecule has 0 bridgehead atoms. The minimum atomic E-state index is 0.0146. The van der Waals surface area contributed by atoms with Crippen LogP contribution in [0.4, 0.5) is 5.82 Å². The Morgan fingerprint density at radius 1 is 1.30 bits per heavy atom. The largest absolute Gasteiger partial charge is 0.373 e. The molecule has 1 unspecified atom stereocenters. The van der Waals surface area contributed by atoms with Crippen LogP contribution in [0.5, 0.6) is 0 Å². The van der Waals surface area contributed by atoms with Gasteiger partial charge in [0.2, 0.25) is 0 Å². The summed E-state index contributed by atoms with van der Waals surface area (Å²) in [4.78, 5) is 9.37. The molecule has 5 heteroatoms. The quantitative estimate of drug-likeness (QED) is 0.875. The Bertz CT molecular complexity index is 422. The van der Waals surface area contributed by atoms with Crippen LogP contribution in [0, 0.1) is 5.92 Å². The lowest BCUT2D eigenvalue weighted by molar-refractivity contribution is 0.0288. The summed E-state index contributed by atoms with van der Waals surface area (Å²) < 4.78 is 6.71. The summed E-state index contributed by atoms with van der Waals surface area (Å²) in [5.74, 6) is 2.22. The first kappa shape index (κ1) is 15.7. The van der Waals surface area contributed by atoms with Gasteiger partial charge < -0.3 is 10.1 Å². The van der Waals surface area contributed by atoms with E-state index in [9.17, 15) is 0 Å². The number of nitrogens with one attached hydrogen (secondary N) is 1. The Balaban J connectivity index is 2.33. The molecular weight excluding hydrogens is 318 g/mol. The van der Waals surface area contributed by atoms with Gasteiger partial charge in [0, 0.05) is 14.2 Å². The summed E-state index contributed by atoms with van der Waals surface area (Å²) in [6.45, 7) is 2.11. The second-order valence-corrected chi connectivity index (χ2v) is 6.14. The van der Waals surface area contributed by atoms with Crippen LogP contribution in [0.15, 0.2) is 4.47 Å². The first-order chi connectivity index (χ1) is 9.71. The summed E-state index contributed by atoms with van der Waals surface area (Å²) in [7, 11) is 3.66. The van der Waals surface area contributed by atoms with E-state index in [1.54, 1.807) is 7.11 Å². The van der Waals surface area contributed by atoms with Crippen molar-refractivity contribution in [2.24, 2.45) is 5.92 Å². The van der Waals surface area contributed by atoms with E-state index in [1.807, 2.05) is 7.05 Å². The number of aromatic nitrogens is 2. The summed E-state index contributed by atoms with van der Waals surface area (Å²) in [6.07, 6.45) is 7.26. The van der Waals surface area contributed by atoms with Crippen molar-refractivity contribution >= 4 is 21.7 Å². The van der Waals surface area contributed by atoms with Crippen molar-refractivity contribution in [2.75, 3.05) is 19.5 Å². The lowest BCUT2D eigenvalue weighted by Gasteiger charge is -2.28. The zero-order chi connectivity index (χ0) is 14.5. The van der Waals surface area contributed by atoms with Crippen LogP contribution in [-0.4, -0.2) is 24.1 Å². The van der Waals surface area contributed by atoms with Gasteiger partial charge in [-0.1, -0.05) is 26.2 Å². The van der Waals surface area contributed by atoms with E-state index in [-0.39, 0.29) is 6.10 Å². The fraction of sp³-hybridized carbons (Fsp3) is 0.733. The van der Waals surface area contributed by atoms with Crippen LogP contribution in [0.1, 0.15) is 56.7 Å². The zero-order valence-electron chi connectivity index (χ0n) is 12.6. The topological polar surface area (TPSA) is 47.0 Å². The third-order valence-corrected chi connectivity index (χ3v) is 4.93. The van der Waals surface area contributed by atoms with Crippen molar-refractivity contribution in [3.63, 3.8) is 0 Å². The number of ether oxygens (including phenoxy) is 1. The smallest absolute Gasteiger partial charge is 0.160 e. The van der Waals surface area contributed by atoms with Gasteiger partial charge in [0.1, 0.15) is 11.9 Å². The second kappa shape index (κ2) is 7.36. The first-order valence-corrected chi connectivity index (χ1v) is 8.27. The fourth-order valence-electron chi connectivity index (χ4n) is 2.99. The molecule has 0 saturated heterocycles. The monoisotopic (exact) mass is 341 g/mol. The molecule has 0 aliphatic heterocycles. The van der Waals surface area contributed by atoms with Gasteiger partial charge in [-0.15, -0.1) is 0 Å². The maximum Gasteiger partial charge on any atom is 0.160 e. The van der Waals surface area contributed by atoms with Gasteiger partial charge in [0.25, 0.3) is 0 Å². The highest BCUT2D eigenvalue weighted by molar-refractivity contribution is 9.10. The SMILES string of the molecule is CCc1nc(C(OC)C2CCCCC2)nc(NC)c1Br. The maximum absolute atomic E-state index is 5.75. The van der Waals surface area contributed by atoms with Gasteiger partial charge >= 0.3 is 0 Å². The molecule has 4 nitrogen and oxygen atoms in total. The molecule has 0 aromatic carbocycles. The number of anilines is 1. The lowest BCUT2D eigenvalue weighted by atomic mass is 9.85. The molecule has 2 rings (SSSR count). The van der Waals surface area contributed by atoms with Crippen molar-refractivity contribution in [3.05, 3.63) is 16.0 Å². The summed E-state index contributed by atoms with van der Waals surface area (Å²) in [5.41, 5.74) is 1.04. The standard InChI is InChI=1S/C15H24BrN3O/c1-4-11-12(16)14(17-2)19-15(18-11)13(20-3)10-8-6-5-7-9-10/h10,13H,4-9H2,1-3H3,(H,17,18,19). The average Bonchev–Trinajstić information content (AvgIpc) is 2.50. The van der Waals surface area contributed by atoms with E-state index >= 15 is 0 Å². The van der Waals surface area contributed by atoms with Crippen LogP contribution in [0.3, 0.4) is 0 Å². The highest BCUT2D eigenvalue weighted by Gasteiger charge is 2.28. The number of nitrogens with zero attached hydrogens (tertiary/aromatic N) is 2. The molecule has 1 N–H and O–H groups in total. The van der Waals surface area contributed by atoms with Crippen LogP contribution in [-0.2, 0) is 11.2 Å². The molecule has 0 amide bonds. The van der Waals surface area contributed by atoms with E-state index in [0.717, 1.165) is 28.2 Å². The summed E-state index contributed by atoms with van der Waals surface area (Å²) >= 11 is 3.57. The van der Waals surface area contributed by atoms with Crippen molar-refractivity contribution < 1.29 is 4.74 Å². The molecule has 0 radical (unpaired) electrons. The molecule has 1 aromatic rings. The van der Waals surface area contributed by atoms with E-state index in [1.165, 1.54) is 32.1 Å². The van der Waals surface area contributed by atoms with E-state index in [4.69, 9.17) is 9.72 Å². The second-order valence-electron chi connectivity index (χ2n) is 5.35. The Morgan fingerprint density at radius 3 is 2.55 bits per heavy atom. The van der Waals surface area contributed by atoms with E-state index < -0.39 is 0 Å². The average molecular weight is 342 g/mol. The van der Waals surface area contributed by atoms with Crippen molar-refractivity contribution in [2.45, 2.75) is 51.6 Å². The first-order valence-electron chi connectivity index (χ1n) is 7.48. The predicted octanol–water partition coefficient (Wildman–Crippen LogP) is 4.11. The number of hydrogen-bond acceptors (Lipinski definition) is 4. The minimum Gasteiger partial charge on any atom is -0.373 e. The van der Waals surface area contributed by atoms with E-state index in [0.29, 0.717) is 5.92 Å². The molecule has 20 heavy (non-hydrogen) atoms. The normalized spacial score (nSPS) is 18.0. The Morgan fingerprint density at radius 2 is 2.00 bits per heavy atom. The highest BCUT2D eigenvalue weighted by atomic mass is 79.9. The molecule has 1 atom stereocenters. The molecule has 1 aliphatic carbocycles. The van der Waals surface area contributed by atoms with Gasteiger partial charge in [-0.25, -0.2) is 9.97 Å². The van der Waals surface area contributed by atoms with Gasteiger partial charge in [-0.3, -0.25) is 0 Å². The Hall–Kier alpha value is -0.680. The van der Waals surface area contributed by atoms with Crippen molar-refractivity contribution in [1.82, 2.24) is 9.97 Å². The van der Waals surface area contributed by atoms with Crippen molar-refractivity contribution in [3.8, 4) is 0 Å². The minimum absolute atomic E-state index is 0.0146. The molecule has 112 valence electrons. The third kappa shape index (κ3) is 3.31. The van der Waals surface area contributed by atoms with Crippen LogP contribution < -0.4 is 5.32 Å². The molecule has 1 fully saturated rings. The Kier molecular flexibility index (Phi) is 5.78. The van der Waals surface area contributed by atoms with E-state index in [2.05, 4.69) is 33.2 Å². The van der Waals surface area contributed by atoms with Gasteiger partial charge in [-0.2, -0.15) is 0 Å². The predicted molar refractivity (Wildman–Crippen MR) is 85.0 cm³/mol. The number of aryl methyl sites for hydroxylation is 1. The number of rotatable bonds is 5. The van der Waals surface area contributed by atoms with Gasteiger partial charge in [-0.05, 0) is 41.1 Å². The summed E-state index contributed by atoms with van der Waals surface area (Å²) in [6, 6.07) is 0. The molecule has 1 aromatic heterocycles. The molecule has 1 aliphatic rings. The van der Waals surface area contributed by atoms with Crippen LogP contribution in [0.25, 0.3) is 0 Å². The van der Waals surface area contributed by atoms with Gasteiger partial charge in [0.15, 0.2) is 5.82 Å². The fourth-order valence-corrected chi connectivity index (χ4v) is 3.64. The third-order valence-electron chi connectivity index (χ3n) is 4.10. The van der Waals surface area contributed by atoms with Crippen LogP contribution >= 0.6 is 15.9 Å². The molecule has 0 spiro atoms.